The standard InChI is InChI=1S/C11H23Cl/c1-6-9(3)10(4)11(5,7-2)8-12/h9-10H,6-8H2,1-5H3. The molecular formula is C11H23Cl. The van der Waals surface area contributed by atoms with Crippen molar-refractivity contribution < 1.29 is 0 Å². The van der Waals surface area contributed by atoms with Crippen molar-refractivity contribution in [3.63, 3.8) is 0 Å². The van der Waals surface area contributed by atoms with Crippen LogP contribution in [0.3, 0.4) is 0 Å². The molecule has 0 spiro atoms. The molecular weight excluding hydrogens is 168 g/mol. The fraction of sp³-hybridized carbons (Fsp3) is 1.00. The van der Waals surface area contributed by atoms with E-state index in [1.165, 1.54) is 12.8 Å². The second kappa shape index (κ2) is 5.11. The fourth-order valence-corrected chi connectivity index (χ4v) is 2.01. The molecule has 0 rings (SSSR count). The SMILES string of the molecule is CCC(C)C(C)C(C)(CC)CCl. The minimum Gasteiger partial charge on any atom is -0.126 e. The highest BCUT2D eigenvalue weighted by Crippen LogP contribution is 2.37. The van der Waals surface area contributed by atoms with Crippen molar-refractivity contribution in [3.8, 4) is 0 Å². The van der Waals surface area contributed by atoms with E-state index in [9.17, 15) is 0 Å². The highest BCUT2D eigenvalue weighted by Gasteiger charge is 2.31. The van der Waals surface area contributed by atoms with Crippen LogP contribution in [0.5, 0.6) is 0 Å². The van der Waals surface area contributed by atoms with E-state index in [0.717, 1.165) is 17.7 Å². The summed E-state index contributed by atoms with van der Waals surface area (Å²) < 4.78 is 0. The van der Waals surface area contributed by atoms with Gasteiger partial charge in [0, 0.05) is 5.88 Å². The molecule has 74 valence electrons. The number of hydrogen-bond donors (Lipinski definition) is 0. The first-order valence-corrected chi connectivity index (χ1v) is 5.61. The van der Waals surface area contributed by atoms with Crippen LogP contribution < -0.4 is 0 Å². The fourth-order valence-electron chi connectivity index (χ4n) is 1.58. The normalized spacial score (nSPS) is 21.5. The van der Waals surface area contributed by atoms with Crippen molar-refractivity contribution in [2.45, 2.75) is 47.5 Å². The first-order chi connectivity index (χ1) is 5.51. The predicted molar refractivity (Wildman–Crippen MR) is 57.7 cm³/mol. The van der Waals surface area contributed by atoms with Crippen molar-refractivity contribution in [1.29, 1.82) is 0 Å². The van der Waals surface area contributed by atoms with Crippen molar-refractivity contribution in [2.75, 3.05) is 5.88 Å². The summed E-state index contributed by atoms with van der Waals surface area (Å²) in [6.45, 7) is 11.5. The Hall–Kier alpha value is 0.290. The van der Waals surface area contributed by atoms with E-state index in [-0.39, 0.29) is 0 Å². The molecule has 0 N–H and O–H groups in total. The average Bonchev–Trinajstić information content (AvgIpc) is 2.14. The van der Waals surface area contributed by atoms with Crippen LogP contribution in [-0.2, 0) is 0 Å². The van der Waals surface area contributed by atoms with Gasteiger partial charge in [0.25, 0.3) is 0 Å². The summed E-state index contributed by atoms with van der Waals surface area (Å²) in [5.41, 5.74) is 0.330. The van der Waals surface area contributed by atoms with Crippen LogP contribution in [0.15, 0.2) is 0 Å². The summed E-state index contributed by atoms with van der Waals surface area (Å²) >= 11 is 6.00. The van der Waals surface area contributed by atoms with Gasteiger partial charge in [-0.2, -0.15) is 0 Å². The van der Waals surface area contributed by atoms with E-state index >= 15 is 0 Å². The Morgan fingerprint density at radius 2 is 1.75 bits per heavy atom. The van der Waals surface area contributed by atoms with Gasteiger partial charge in [-0.25, -0.2) is 0 Å². The first-order valence-electron chi connectivity index (χ1n) is 5.07. The molecule has 0 aliphatic heterocycles. The van der Waals surface area contributed by atoms with E-state index in [0.29, 0.717) is 5.41 Å². The Bertz CT molecular complexity index is 116. The predicted octanol–water partition coefficient (Wildman–Crippen LogP) is 4.32. The van der Waals surface area contributed by atoms with Crippen molar-refractivity contribution in [3.05, 3.63) is 0 Å². The van der Waals surface area contributed by atoms with Crippen LogP contribution in [-0.4, -0.2) is 5.88 Å². The molecule has 0 radical (unpaired) electrons. The molecule has 0 aliphatic rings. The Kier molecular flexibility index (Phi) is 5.24. The van der Waals surface area contributed by atoms with Gasteiger partial charge in [-0.15, -0.1) is 11.6 Å². The lowest BCUT2D eigenvalue weighted by Gasteiger charge is -2.36. The van der Waals surface area contributed by atoms with Crippen LogP contribution in [0, 0.1) is 17.3 Å². The molecule has 0 bridgehead atoms. The maximum absolute atomic E-state index is 6.00. The molecule has 12 heavy (non-hydrogen) atoms. The van der Waals surface area contributed by atoms with Crippen molar-refractivity contribution >= 4 is 11.6 Å². The Morgan fingerprint density at radius 3 is 2.00 bits per heavy atom. The molecule has 0 saturated heterocycles. The van der Waals surface area contributed by atoms with Crippen molar-refractivity contribution in [1.82, 2.24) is 0 Å². The number of rotatable bonds is 5. The molecule has 3 atom stereocenters. The second-order valence-corrected chi connectivity index (χ2v) is 4.58. The van der Waals surface area contributed by atoms with Gasteiger partial charge in [0.1, 0.15) is 0 Å². The smallest absolute Gasteiger partial charge is 0.0279 e. The Balaban J connectivity index is 4.29. The number of alkyl halides is 1. The topological polar surface area (TPSA) is 0 Å². The monoisotopic (exact) mass is 190 g/mol. The van der Waals surface area contributed by atoms with Crippen LogP contribution in [0.4, 0.5) is 0 Å². The second-order valence-electron chi connectivity index (χ2n) is 4.32. The number of halogens is 1. The molecule has 0 aromatic carbocycles. The highest BCUT2D eigenvalue weighted by molar-refractivity contribution is 6.18. The third-order valence-corrected chi connectivity index (χ3v) is 4.32. The third-order valence-electron chi connectivity index (χ3n) is 3.71. The van der Waals surface area contributed by atoms with Gasteiger partial charge in [0.15, 0.2) is 0 Å². The van der Waals surface area contributed by atoms with E-state index in [1.807, 2.05) is 0 Å². The Labute approximate surface area is 82.7 Å². The maximum atomic E-state index is 6.00. The summed E-state index contributed by atoms with van der Waals surface area (Å²) in [4.78, 5) is 0. The largest absolute Gasteiger partial charge is 0.126 e. The first kappa shape index (κ1) is 12.3. The summed E-state index contributed by atoms with van der Waals surface area (Å²) in [6.07, 6.45) is 2.44. The van der Waals surface area contributed by atoms with Gasteiger partial charge < -0.3 is 0 Å². The summed E-state index contributed by atoms with van der Waals surface area (Å²) in [5.74, 6) is 2.30. The molecule has 0 aromatic rings. The highest BCUT2D eigenvalue weighted by atomic mass is 35.5. The zero-order valence-electron chi connectivity index (χ0n) is 9.15. The minimum absolute atomic E-state index is 0.330. The molecule has 0 amide bonds. The summed E-state index contributed by atoms with van der Waals surface area (Å²) in [5, 5.41) is 0. The molecule has 3 unspecified atom stereocenters. The van der Waals surface area contributed by atoms with Crippen LogP contribution in [0.2, 0.25) is 0 Å². The van der Waals surface area contributed by atoms with Crippen LogP contribution in [0.1, 0.15) is 47.5 Å². The van der Waals surface area contributed by atoms with E-state index in [2.05, 4.69) is 34.6 Å². The zero-order valence-corrected chi connectivity index (χ0v) is 9.91. The van der Waals surface area contributed by atoms with Crippen molar-refractivity contribution in [2.24, 2.45) is 17.3 Å². The van der Waals surface area contributed by atoms with Gasteiger partial charge in [-0.05, 0) is 23.7 Å². The molecule has 1 heteroatoms. The van der Waals surface area contributed by atoms with E-state index in [4.69, 9.17) is 11.6 Å². The molecule has 0 fully saturated rings. The Morgan fingerprint density at radius 1 is 1.25 bits per heavy atom. The van der Waals surface area contributed by atoms with Gasteiger partial charge in [0.05, 0.1) is 0 Å². The lowest BCUT2D eigenvalue weighted by atomic mass is 9.71. The maximum Gasteiger partial charge on any atom is 0.0279 e. The van der Waals surface area contributed by atoms with E-state index < -0.39 is 0 Å². The summed E-state index contributed by atoms with van der Waals surface area (Å²) in [6, 6.07) is 0. The van der Waals surface area contributed by atoms with Gasteiger partial charge in [-0.3, -0.25) is 0 Å². The van der Waals surface area contributed by atoms with Gasteiger partial charge >= 0.3 is 0 Å². The van der Waals surface area contributed by atoms with E-state index in [1.54, 1.807) is 0 Å². The molecule has 0 heterocycles. The quantitative estimate of drug-likeness (QED) is 0.567. The zero-order chi connectivity index (χ0) is 9.78. The lowest BCUT2D eigenvalue weighted by molar-refractivity contribution is 0.160. The molecule has 0 nitrogen and oxygen atoms in total. The van der Waals surface area contributed by atoms with Gasteiger partial charge in [-0.1, -0.05) is 41.0 Å². The van der Waals surface area contributed by atoms with Crippen LogP contribution in [0.25, 0.3) is 0 Å². The molecule has 0 saturated carbocycles. The molecule has 0 aromatic heterocycles. The summed E-state index contributed by atoms with van der Waals surface area (Å²) in [7, 11) is 0. The minimum atomic E-state index is 0.330. The van der Waals surface area contributed by atoms with Gasteiger partial charge in [0.2, 0.25) is 0 Å². The lowest BCUT2D eigenvalue weighted by Crippen LogP contribution is -2.30. The molecule has 0 aliphatic carbocycles. The van der Waals surface area contributed by atoms with Crippen LogP contribution >= 0.6 is 11.6 Å². The third kappa shape index (κ3) is 2.65. The number of hydrogen-bond acceptors (Lipinski definition) is 0. The average molecular weight is 191 g/mol.